The van der Waals surface area contributed by atoms with Crippen molar-refractivity contribution in [3.05, 3.63) is 29.8 Å². The molecule has 1 aromatic rings. The molecule has 2 N–H and O–H groups in total. The first kappa shape index (κ1) is 19.7. The average Bonchev–Trinajstić information content (AvgIpc) is 2.96. The topological polar surface area (TPSA) is 56.7 Å². The first-order valence-electron chi connectivity index (χ1n) is 8.16. The molecule has 1 amide bonds. The van der Waals surface area contributed by atoms with E-state index in [1.807, 2.05) is 36.9 Å². The lowest BCUT2D eigenvalue weighted by atomic mass is 10.2. The summed E-state index contributed by atoms with van der Waals surface area (Å²) in [6.07, 6.45) is 2.28. The van der Waals surface area contributed by atoms with Gasteiger partial charge in [0.15, 0.2) is 5.96 Å². The summed E-state index contributed by atoms with van der Waals surface area (Å²) in [6, 6.07) is 8.16. The van der Waals surface area contributed by atoms with Gasteiger partial charge in [0.2, 0.25) is 5.91 Å². The van der Waals surface area contributed by atoms with Gasteiger partial charge in [0, 0.05) is 38.3 Å². The molecule has 1 aliphatic rings. The Kier molecular flexibility index (Phi) is 8.98. The van der Waals surface area contributed by atoms with Crippen molar-refractivity contribution in [3.63, 3.8) is 0 Å². The van der Waals surface area contributed by atoms with Crippen LogP contribution in [-0.2, 0) is 11.2 Å². The number of guanidine groups is 1. The molecule has 0 spiro atoms. The van der Waals surface area contributed by atoms with E-state index >= 15 is 0 Å². The largest absolute Gasteiger partial charge is 0.357 e. The Morgan fingerprint density at radius 3 is 2.61 bits per heavy atom. The van der Waals surface area contributed by atoms with E-state index in [4.69, 9.17) is 0 Å². The summed E-state index contributed by atoms with van der Waals surface area (Å²) in [6.45, 7) is 7.24. The van der Waals surface area contributed by atoms with E-state index in [0.29, 0.717) is 13.0 Å². The van der Waals surface area contributed by atoms with E-state index in [2.05, 4.69) is 21.7 Å². The number of amides is 1. The van der Waals surface area contributed by atoms with Crippen LogP contribution in [-0.4, -0.2) is 38.0 Å². The molecule has 5 nitrogen and oxygen atoms in total. The van der Waals surface area contributed by atoms with Gasteiger partial charge in [0.25, 0.3) is 0 Å². The molecule has 0 bridgehead atoms. The summed E-state index contributed by atoms with van der Waals surface area (Å²) >= 11 is 0. The fourth-order valence-corrected chi connectivity index (χ4v) is 2.66. The number of halogens is 1. The van der Waals surface area contributed by atoms with Gasteiger partial charge in [-0.3, -0.25) is 9.79 Å². The van der Waals surface area contributed by atoms with Gasteiger partial charge in [-0.15, -0.1) is 24.0 Å². The van der Waals surface area contributed by atoms with Gasteiger partial charge < -0.3 is 15.5 Å². The fraction of sp³-hybridized carbons (Fsp3) is 0.529. The summed E-state index contributed by atoms with van der Waals surface area (Å²) in [7, 11) is 0. The summed E-state index contributed by atoms with van der Waals surface area (Å²) in [5.74, 6) is 1.03. The predicted octanol–water partition coefficient (Wildman–Crippen LogP) is 2.55. The van der Waals surface area contributed by atoms with Crippen LogP contribution in [0.5, 0.6) is 0 Å². The lowest BCUT2D eigenvalue weighted by molar-refractivity contribution is -0.118. The molecule has 0 saturated carbocycles. The second-order valence-corrected chi connectivity index (χ2v) is 5.32. The Labute approximate surface area is 156 Å². The molecule has 0 atom stereocenters. The molecule has 0 aliphatic carbocycles. The number of anilines is 1. The van der Waals surface area contributed by atoms with Gasteiger partial charge in [-0.25, -0.2) is 0 Å². The standard InChI is InChI=1S/C17H26N4O.HI/c1-3-18-17(19-4-2)20-12-7-10-16(22)21-13-11-14-8-5-6-9-15(14)21;/h5-6,8-9H,3-4,7,10-13H2,1-2H3,(H2,18,19,20);1H. The van der Waals surface area contributed by atoms with Crippen LogP contribution in [0.2, 0.25) is 0 Å². The van der Waals surface area contributed by atoms with E-state index in [-0.39, 0.29) is 29.9 Å². The van der Waals surface area contributed by atoms with E-state index in [9.17, 15) is 4.79 Å². The number of fused-ring (bicyclic) bond motifs is 1. The molecule has 0 aromatic heterocycles. The molecule has 23 heavy (non-hydrogen) atoms. The minimum absolute atomic E-state index is 0. The number of nitrogens with zero attached hydrogens (tertiary/aromatic N) is 2. The first-order chi connectivity index (χ1) is 10.8. The Balaban J connectivity index is 0.00000264. The van der Waals surface area contributed by atoms with Crippen LogP contribution < -0.4 is 15.5 Å². The molecule has 1 heterocycles. The highest BCUT2D eigenvalue weighted by Crippen LogP contribution is 2.27. The predicted molar refractivity (Wildman–Crippen MR) is 107 cm³/mol. The number of hydrogen-bond donors (Lipinski definition) is 2. The van der Waals surface area contributed by atoms with Gasteiger partial charge in [-0.2, -0.15) is 0 Å². The summed E-state index contributed by atoms with van der Waals surface area (Å²) < 4.78 is 0. The van der Waals surface area contributed by atoms with E-state index in [1.54, 1.807) is 0 Å². The van der Waals surface area contributed by atoms with Gasteiger partial charge >= 0.3 is 0 Å². The molecule has 6 heteroatoms. The quantitative estimate of drug-likeness (QED) is 0.316. The van der Waals surface area contributed by atoms with Crippen molar-refractivity contribution in [2.75, 3.05) is 31.1 Å². The number of carbonyl (C=O) groups excluding carboxylic acids is 1. The monoisotopic (exact) mass is 430 g/mol. The first-order valence-corrected chi connectivity index (χ1v) is 8.16. The number of nitrogens with one attached hydrogen (secondary N) is 2. The molecule has 1 aromatic carbocycles. The van der Waals surface area contributed by atoms with Crippen LogP contribution in [0.15, 0.2) is 29.3 Å². The molecule has 2 rings (SSSR count). The highest BCUT2D eigenvalue weighted by atomic mass is 127. The lowest BCUT2D eigenvalue weighted by Crippen LogP contribution is -2.37. The summed E-state index contributed by atoms with van der Waals surface area (Å²) in [5.41, 5.74) is 2.35. The maximum absolute atomic E-state index is 12.4. The van der Waals surface area contributed by atoms with Crippen molar-refractivity contribution in [2.45, 2.75) is 33.1 Å². The zero-order chi connectivity index (χ0) is 15.8. The number of carbonyl (C=O) groups is 1. The number of benzene rings is 1. The van der Waals surface area contributed by atoms with Crippen molar-refractivity contribution in [3.8, 4) is 0 Å². The van der Waals surface area contributed by atoms with Crippen LogP contribution in [0.3, 0.4) is 0 Å². The number of aliphatic imine (C=N–C) groups is 1. The number of hydrogen-bond acceptors (Lipinski definition) is 2. The van der Waals surface area contributed by atoms with Gasteiger partial charge in [-0.1, -0.05) is 18.2 Å². The zero-order valence-corrected chi connectivity index (χ0v) is 16.3. The molecule has 0 saturated heterocycles. The highest BCUT2D eigenvalue weighted by Gasteiger charge is 2.23. The van der Waals surface area contributed by atoms with Crippen molar-refractivity contribution in [1.82, 2.24) is 10.6 Å². The second kappa shape index (κ2) is 10.5. The number of rotatable bonds is 6. The molecule has 0 radical (unpaired) electrons. The van der Waals surface area contributed by atoms with Crippen LogP contribution in [0, 0.1) is 0 Å². The summed E-state index contributed by atoms with van der Waals surface area (Å²) in [5, 5.41) is 6.37. The average molecular weight is 430 g/mol. The Bertz CT molecular complexity index is 525. The Hall–Kier alpha value is -1.31. The number of para-hydroxylation sites is 1. The smallest absolute Gasteiger partial charge is 0.227 e. The van der Waals surface area contributed by atoms with Crippen LogP contribution in [0.25, 0.3) is 0 Å². The zero-order valence-electron chi connectivity index (χ0n) is 14.0. The maximum Gasteiger partial charge on any atom is 0.227 e. The van der Waals surface area contributed by atoms with Gasteiger partial charge in [0.05, 0.1) is 0 Å². The van der Waals surface area contributed by atoms with Crippen LogP contribution >= 0.6 is 24.0 Å². The highest BCUT2D eigenvalue weighted by molar-refractivity contribution is 14.0. The molecule has 128 valence electrons. The normalized spacial score (nSPS) is 12.2. The molecule has 1 aliphatic heterocycles. The Morgan fingerprint density at radius 1 is 1.22 bits per heavy atom. The third-order valence-corrected chi connectivity index (χ3v) is 3.70. The molecule has 0 fully saturated rings. The fourth-order valence-electron chi connectivity index (χ4n) is 2.66. The third-order valence-electron chi connectivity index (χ3n) is 3.70. The summed E-state index contributed by atoms with van der Waals surface area (Å²) in [4.78, 5) is 18.7. The SMILES string of the molecule is CCNC(=NCCCC(=O)N1CCc2ccccc21)NCC.I. The maximum atomic E-state index is 12.4. The van der Waals surface area contributed by atoms with Crippen molar-refractivity contribution in [1.29, 1.82) is 0 Å². The second-order valence-electron chi connectivity index (χ2n) is 5.32. The molecular weight excluding hydrogens is 403 g/mol. The minimum Gasteiger partial charge on any atom is -0.357 e. The minimum atomic E-state index is 0. The Morgan fingerprint density at radius 2 is 1.91 bits per heavy atom. The van der Waals surface area contributed by atoms with Gasteiger partial charge in [-0.05, 0) is 38.3 Å². The van der Waals surface area contributed by atoms with E-state index < -0.39 is 0 Å². The van der Waals surface area contributed by atoms with Crippen molar-refractivity contribution >= 4 is 41.5 Å². The van der Waals surface area contributed by atoms with Crippen LogP contribution in [0.4, 0.5) is 5.69 Å². The van der Waals surface area contributed by atoms with Crippen molar-refractivity contribution < 1.29 is 4.79 Å². The van der Waals surface area contributed by atoms with Crippen LogP contribution in [0.1, 0.15) is 32.3 Å². The van der Waals surface area contributed by atoms with Crippen molar-refractivity contribution in [2.24, 2.45) is 4.99 Å². The third kappa shape index (κ3) is 5.67. The molecule has 0 unspecified atom stereocenters. The lowest BCUT2D eigenvalue weighted by Gasteiger charge is -2.17. The van der Waals surface area contributed by atoms with E-state index in [1.165, 1.54) is 5.56 Å². The van der Waals surface area contributed by atoms with E-state index in [0.717, 1.165) is 44.1 Å². The van der Waals surface area contributed by atoms with Gasteiger partial charge in [0.1, 0.15) is 0 Å². The molecular formula is C17H27IN4O.